The summed E-state index contributed by atoms with van der Waals surface area (Å²) in [6, 6.07) is 8.92. The van der Waals surface area contributed by atoms with Crippen molar-refractivity contribution in [2.45, 2.75) is 19.4 Å². The lowest BCUT2D eigenvalue weighted by molar-refractivity contribution is 0.498. The minimum atomic E-state index is -0.488. The van der Waals surface area contributed by atoms with Gasteiger partial charge in [0.15, 0.2) is 0 Å². The molecule has 1 nitrogen and oxygen atoms in total. The summed E-state index contributed by atoms with van der Waals surface area (Å²) in [6.07, 6.45) is 0.247. The van der Waals surface area contributed by atoms with Crippen LogP contribution in [0.5, 0.6) is 0 Å². The SMILES string of the molecule is CCNC(Cc1c(F)cccc1Cl)c1cccc(Cl)c1F. The second kappa shape index (κ2) is 7.21. The van der Waals surface area contributed by atoms with Gasteiger partial charge in [-0.3, -0.25) is 0 Å². The van der Waals surface area contributed by atoms with Gasteiger partial charge >= 0.3 is 0 Å². The first-order chi connectivity index (χ1) is 10.0. The van der Waals surface area contributed by atoms with E-state index in [1.54, 1.807) is 24.3 Å². The topological polar surface area (TPSA) is 12.0 Å². The molecule has 0 radical (unpaired) electrons. The van der Waals surface area contributed by atoms with Crippen LogP contribution in [0.3, 0.4) is 0 Å². The Balaban J connectivity index is 2.38. The standard InChI is InChI=1S/C16H15Cl2F2N/c1-2-21-15(10-5-3-7-13(18)16(10)20)9-11-12(17)6-4-8-14(11)19/h3-8,15,21H,2,9H2,1H3. The zero-order valence-electron chi connectivity index (χ0n) is 11.5. The fourth-order valence-corrected chi connectivity index (χ4v) is 2.68. The monoisotopic (exact) mass is 329 g/mol. The molecule has 0 fully saturated rings. The minimum Gasteiger partial charge on any atom is -0.310 e. The van der Waals surface area contributed by atoms with Gasteiger partial charge in [-0.2, -0.15) is 0 Å². The Kier molecular flexibility index (Phi) is 5.57. The van der Waals surface area contributed by atoms with Crippen molar-refractivity contribution in [2.75, 3.05) is 6.54 Å². The third-order valence-electron chi connectivity index (χ3n) is 3.28. The summed E-state index contributed by atoms with van der Waals surface area (Å²) in [5.74, 6) is -0.884. The maximum Gasteiger partial charge on any atom is 0.146 e. The molecule has 0 aromatic heterocycles. The Bertz CT molecular complexity index is 611. The normalized spacial score (nSPS) is 12.4. The first kappa shape index (κ1) is 16.2. The highest BCUT2D eigenvalue weighted by molar-refractivity contribution is 6.31. The zero-order valence-corrected chi connectivity index (χ0v) is 13.0. The van der Waals surface area contributed by atoms with E-state index in [1.807, 2.05) is 6.92 Å². The number of nitrogens with one attached hydrogen (secondary N) is 1. The van der Waals surface area contributed by atoms with Gasteiger partial charge in [-0.15, -0.1) is 0 Å². The number of hydrogen-bond acceptors (Lipinski definition) is 1. The Morgan fingerprint density at radius 1 is 1.05 bits per heavy atom. The largest absolute Gasteiger partial charge is 0.310 e. The van der Waals surface area contributed by atoms with E-state index in [1.165, 1.54) is 12.1 Å². The minimum absolute atomic E-state index is 0.0510. The summed E-state index contributed by atoms with van der Waals surface area (Å²) in [5.41, 5.74) is 0.771. The van der Waals surface area contributed by atoms with Gasteiger partial charge in [0.25, 0.3) is 0 Å². The van der Waals surface area contributed by atoms with E-state index in [0.717, 1.165) is 0 Å². The lowest BCUT2D eigenvalue weighted by atomic mass is 9.98. The molecule has 0 spiro atoms. The summed E-state index contributed by atoms with van der Waals surface area (Å²) in [6.45, 7) is 2.51. The van der Waals surface area contributed by atoms with Crippen LogP contribution >= 0.6 is 23.2 Å². The molecule has 1 atom stereocenters. The van der Waals surface area contributed by atoms with Gasteiger partial charge < -0.3 is 5.32 Å². The Labute approximate surface area is 132 Å². The lowest BCUT2D eigenvalue weighted by Gasteiger charge is -2.20. The summed E-state index contributed by atoms with van der Waals surface area (Å²) in [4.78, 5) is 0. The highest BCUT2D eigenvalue weighted by Crippen LogP contribution is 2.29. The first-order valence-electron chi connectivity index (χ1n) is 6.64. The summed E-state index contributed by atoms with van der Waals surface area (Å²) in [7, 11) is 0. The molecule has 0 aliphatic heterocycles. The molecule has 0 heterocycles. The second-order valence-corrected chi connectivity index (χ2v) is 5.47. The van der Waals surface area contributed by atoms with E-state index in [2.05, 4.69) is 5.32 Å². The van der Waals surface area contributed by atoms with Crippen LogP contribution in [0.15, 0.2) is 36.4 Å². The zero-order chi connectivity index (χ0) is 15.4. The first-order valence-corrected chi connectivity index (χ1v) is 7.40. The molecule has 0 aliphatic rings. The van der Waals surface area contributed by atoms with Gasteiger partial charge in [-0.25, -0.2) is 8.78 Å². The van der Waals surface area contributed by atoms with Crippen LogP contribution in [0.1, 0.15) is 24.1 Å². The van der Waals surface area contributed by atoms with E-state index in [9.17, 15) is 8.78 Å². The Morgan fingerprint density at radius 3 is 2.38 bits per heavy atom. The van der Waals surface area contributed by atoms with Gasteiger partial charge in [-0.1, -0.05) is 48.3 Å². The van der Waals surface area contributed by atoms with Crippen LogP contribution in [0, 0.1) is 11.6 Å². The van der Waals surface area contributed by atoms with Crippen LogP contribution in [0.25, 0.3) is 0 Å². The average Bonchev–Trinajstić information content (AvgIpc) is 2.45. The van der Waals surface area contributed by atoms with Crippen LogP contribution in [0.2, 0.25) is 10.0 Å². The molecule has 1 N–H and O–H groups in total. The highest BCUT2D eigenvalue weighted by Gasteiger charge is 2.20. The van der Waals surface area contributed by atoms with Crippen molar-refractivity contribution in [3.8, 4) is 0 Å². The van der Waals surface area contributed by atoms with E-state index in [4.69, 9.17) is 23.2 Å². The van der Waals surface area contributed by atoms with Crippen LogP contribution in [0.4, 0.5) is 8.78 Å². The van der Waals surface area contributed by atoms with Crippen molar-refractivity contribution in [3.63, 3.8) is 0 Å². The molecule has 0 aliphatic carbocycles. The molecule has 112 valence electrons. The Morgan fingerprint density at radius 2 is 1.71 bits per heavy atom. The molecule has 5 heteroatoms. The number of rotatable bonds is 5. The quantitative estimate of drug-likeness (QED) is 0.798. The molecule has 2 aromatic rings. The van der Waals surface area contributed by atoms with E-state index in [0.29, 0.717) is 22.7 Å². The molecular weight excluding hydrogens is 315 g/mol. The fraction of sp³-hybridized carbons (Fsp3) is 0.250. The number of benzene rings is 2. The summed E-state index contributed by atoms with van der Waals surface area (Å²) >= 11 is 11.9. The summed E-state index contributed by atoms with van der Waals surface area (Å²) in [5, 5.41) is 3.53. The van der Waals surface area contributed by atoms with Gasteiger partial charge in [0.1, 0.15) is 11.6 Å². The molecule has 21 heavy (non-hydrogen) atoms. The maximum absolute atomic E-state index is 14.2. The van der Waals surface area contributed by atoms with Crippen molar-refractivity contribution in [1.29, 1.82) is 0 Å². The van der Waals surface area contributed by atoms with Crippen LogP contribution in [-0.2, 0) is 6.42 Å². The van der Waals surface area contributed by atoms with E-state index < -0.39 is 17.7 Å². The molecule has 2 rings (SSSR count). The second-order valence-electron chi connectivity index (χ2n) is 4.66. The molecule has 0 saturated heterocycles. The molecular formula is C16H15Cl2F2N. The molecule has 0 bridgehead atoms. The average molecular weight is 330 g/mol. The van der Waals surface area contributed by atoms with E-state index >= 15 is 0 Å². The molecule has 1 unspecified atom stereocenters. The number of halogens is 4. The van der Waals surface area contributed by atoms with Crippen molar-refractivity contribution < 1.29 is 8.78 Å². The lowest BCUT2D eigenvalue weighted by Crippen LogP contribution is -2.24. The van der Waals surface area contributed by atoms with Gasteiger partial charge in [-0.05, 0) is 31.2 Å². The van der Waals surface area contributed by atoms with Crippen molar-refractivity contribution in [1.82, 2.24) is 5.32 Å². The molecule has 0 saturated carbocycles. The van der Waals surface area contributed by atoms with Crippen LogP contribution in [-0.4, -0.2) is 6.54 Å². The van der Waals surface area contributed by atoms with Gasteiger partial charge in [0.05, 0.1) is 5.02 Å². The third-order valence-corrected chi connectivity index (χ3v) is 3.92. The molecule has 2 aromatic carbocycles. The molecule has 0 amide bonds. The van der Waals surface area contributed by atoms with Crippen molar-refractivity contribution >= 4 is 23.2 Å². The van der Waals surface area contributed by atoms with E-state index in [-0.39, 0.29) is 11.4 Å². The van der Waals surface area contributed by atoms with Gasteiger partial charge in [0, 0.05) is 22.2 Å². The third kappa shape index (κ3) is 3.73. The number of likely N-dealkylation sites (N-methyl/N-ethyl adjacent to an activating group) is 1. The van der Waals surface area contributed by atoms with Crippen molar-refractivity contribution in [3.05, 3.63) is 69.2 Å². The summed E-state index contributed by atoms with van der Waals surface area (Å²) < 4.78 is 28.1. The van der Waals surface area contributed by atoms with Crippen LogP contribution < -0.4 is 5.32 Å². The Hall–Kier alpha value is -1.16. The fourth-order valence-electron chi connectivity index (χ4n) is 2.26. The predicted octanol–water partition coefficient (Wildman–Crippen LogP) is 5.16. The highest BCUT2D eigenvalue weighted by atomic mass is 35.5. The number of hydrogen-bond donors (Lipinski definition) is 1. The predicted molar refractivity (Wildman–Crippen MR) is 82.9 cm³/mol. The van der Waals surface area contributed by atoms with Crippen molar-refractivity contribution in [2.24, 2.45) is 0 Å². The smallest absolute Gasteiger partial charge is 0.146 e. The maximum atomic E-state index is 14.2. The van der Waals surface area contributed by atoms with Gasteiger partial charge in [0.2, 0.25) is 0 Å².